The van der Waals surface area contributed by atoms with Crippen molar-refractivity contribution in [2.75, 3.05) is 19.5 Å². The Balaban J connectivity index is 1.67. The maximum Gasteiger partial charge on any atom is 0.266 e. The van der Waals surface area contributed by atoms with Gasteiger partial charge in [-0.25, -0.2) is 4.98 Å². The topological polar surface area (TPSA) is 69.7 Å². The number of nitrogens with zero attached hydrogens (tertiary/aromatic N) is 1. The first-order valence-corrected chi connectivity index (χ1v) is 9.67. The number of ether oxygens (including phenoxy) is 3. The molecule has 3 aromatic rings. The van der Waals surface area contributed by atoms with Crippen molar-refractivity contribution in [2.45, 2.75) is 13.0 Å². The summed E-state index contributed by atoms with van der Waals surface area (Å²) in [6.07, 6.45) is -0.702. The lowest BCUT2D eigenvalue weighted by molar-refractivity contribution is -0.122. The van der Waals surface area contributed by atoms with Crippen molar-refractivity contribution in [1.82, 2.24) is 4.98 Å². The average molecular weight is 419 g/mol. The van der Waals surface area contributed by atoms with Gasteiger partial charge in [-0.15, -0.1) is 11.3 Å². The largest absolute Gasteiger partial charge is 0.493 e. The number of carbonyl (C=O) groups is 1. The normalized spacial score (nSPS) is 11.6. The van der Waals surface area contributed by atoms with E-state index in [0.29, 0.717) is 27.4 Å². The molecular formula is C20H19ClN2O4S. The summed E-state index contributed by atoms with van der Waals surface area (Å²) in [5, 5.41) is 5.66. The van der Waals surface area contributed by atoms with E-state index in [1.54, 1.807) is 45.4 Å². The Kier molecular flexibility index (Phi) is 6.38. The van der Waals surface area contributed by atoms with Crippen LogP contribution < -0.4 is 19.5 Å². The molecule has 146 valence electrons. The molecule has 2 aromatic carbocycles. The van der Waals surface area contributed by atoms with Crippen LogP contribution in [0.1, 0.15) is 6.92 Å². The minimum atomic E-state index is -0.702. The summed E-state index contributed by atoms with van der Waals surface area (Å²) in [7, 11) is 3.16. The number of aromatic nitrogens is 1. The fraction of sp³-hybridized carbons (Fsp3) is 0.200. The summed E-state index contributed by atoms with van der Waals surface area (Å²) in [4.78, 5) is 16.9. The Morgan fingerprint density at radius 3 is 2.64 bits per heavy atom. The lowest BCUT2D eigenvalue weighted by atomic mass is 10.1. The Bertz CT molecular complexity index is 976. The third-order valence-electron chi connectivity index (χ3n) is 3.89. The number of halogens is 1. The van der Waals surface area contributed by atoms with E-state index in [1.807, 2.05) is 23.6 Å². The van der Waals surface area contributed by atoms with Gasteiger partial charge in [0.25, 0.3) is 5.91 Å². The van der Waals surface area contributed by atoms with E-state index < -0.39 is 6.10 Å². The van der Waals surface area contributed by atoms with Crippen LogP contribution in [0, 0.1) is 0 Å². The van der Waals surface area contributed by atoms with Crippen LogP contribution in [-0.4, -0.2) is 31.2 Å². The first kappa shape index (κ1) is 20.0. The summed E-state index contributed by atoms with van der Waals surface area (Å²) in [6.45, 7) is 1.67. The van der Waals surface area contributed by atoms with Crippen molar-refractivity contribution >= 4 is 34.0 Å². The lowest BCUT2D eigenvalue weighted by Gasteiger charge is -2.13. The van der Waals surface area contributed by atoms with Crippen LogP contribution in [0.2, 0.25) is 5.02 Å². The standard InChI is InChI=1S/C20H19ClN2O4S/c1-12(27-15-6-4-5-14(21)10-15)19(24)23-20-22-16(11-28-20)13-7-8-17(25-2)18(9-13)26-3/h4-12H,1-3H3,(H,22,23,24). The number of anilines is 1. The Morgan fingerprint density at radius 1 is 1.14 bits per heavy atom. The zero-order chi connectivity index (χ0) is 20.1. The van der Waals surface area contributed by atoms with Crippen LogP contribution in [-0.2, 0) is 4.79 Å². The quantitative estimate of drug-likeness (QED) is 0.591. The summed E-state index contributed by atoms with van der Waals surface area (Å²) in [5.41, 5.74) is 1.59. The maximum atomic E-state index is 12.4. The molecule has 1 amide bonds. The van der Waals surface area contributed by atoms with Gasteiger partial charge in [0, 0.05) is 16.0 Å². The van der Waals surface area contributed by atoms with Gasteiger partial charge in [-0.05, 0) is 43.3 Å². The molecule has 28 heavy (non-hydrogen) atoms. The Morgan fingerprint density at radius 2 is 1.93 bits per heavy atom. The molecule has 1 N–H and O–H groups in total. The third kappa shape index (κ3) is 4.74. The molecule has 1 atom stereocenters. The number of carbonyl (C=O) groups excluding carboxylic acids is 1. The van der Waals surface area contributed by atoms with Crippen LogP contribution in [0.5, 0.6) is 17.2 Å². The van der Waals surface area contributed by atoms with Crippen molar-refractivity contribution in [2.24, 2.45) is 0 Å². The molecule has 6 nitrogen and oxygen atoms in total. The monoisotopic (exact) mass is 418 g/mol. The molecule has 1 heterocycles. The summed E-state index contributed by atoms with van der Waals surface area (Å²) in [6, 6.07) is 12.4. The smallest absolute Gasteiger partial charge is 0.266 e. The predicted octanol–water partition coefficient (Wildman–Crippen LogP) is 4.89. The lowest BCUT2D eigenvalue weighted by Crippen LogP contribution is -2.30. The van der Waals surface area contributed by atoms with Crippen LogP contribution in [0.4, 0.5) is 5.13 Å². The van der Waals surface area contributed by atoms with E-state index in [4.69, 9.17) is 25.8 Å². The van der Waals surface area contributed by atoms with E-state index in [1.165, 1.54) is 11.3 Å². The zero-order valence-electron chi connectivity index (χ0n) is 15.6. The summed E-state index contributed by atoms with van der Waals surface area (Å²) >= 11 is 7.26. The van der Waals surface area contributed by atoms with Crippen LogP contribution in [0.25, 0.3) is 11.3 Å². The van der Waals surface area contributed by atoms with Gasteiger partial charge in [0.15, 0.2) is 22.7 Å². The first-order chi connectivity index (χ1) is 13.5. The molecule has 0 saturated carbocycles. The molecule has 0 aliphatic carbocycles. The second kappa shape index (κ2) is 8.95. The number of hydrogen-bond donors (Lipinski definition) is 1. The third-order valence-corrected chi connectivity index (χ3v) is 4.88. The Hall–Kier alpha value is -2.77. The van der Waals surface area contributed by atoms with Gasteiger partial charge in [-0.2, -0.15) is 0 Å². The van der Waals surface area contributed by atoms with E-state index in [0.717, 1.165) is 11.3 Å². The molecule has 0 aliphatic heterocycles. The number of nitrogens with one attached hydrogen (secondary N) is 1. The number of methoxy groups -OCH3 is 2. The van der Waals surface area contributed by atoms with Crippen molar-refractivity contribution in [3.63, 3.8) is 0 Å². The number of hydrogen-bond acceptors (Lipinski definition) is 6. The molecule has 0 fully saturated rings. The number of rotatable bonds is 7. The van der Waals surface area contributed by atoms with E-state index in [-0.39, 0.29) is 5.91 Å². The highest BCUT2D eigenvalue weighted by atomic mass is 35.5. The zero-order valence-corrected chi connectivity index (χ0v) is 17.1. The van der Waals surface area contributed by atoms with Gasteiger partial charge < -0.3 is 14.2 Å². The van der Waals surface area contributed by atoms with Gasteiger partial charge in [0.05, 0.1) is 19.9 Å². The first-order valence-electron chi connectivity index (χ1n) is 8.41. The second-order valence-electron chi connectivity index (χ2n) is 5.81. The fourth-order valence-corrected chi connectivity index (χ4v) is 3.37. The van der Waals surface area contributed by atoms with Crippen LogP contribution >= 0.6 is 22.9 Å². The van der Waals surface area contributed by atoms with E-state index in [9.17, 15) is 4.79 Å². The molecule has 8 heteroatoms. The highest BCUT2D eigenvalue weighted by Crippen LogP contribution is 2.33. The van der Waals surface area contributed by atoms with Gasteiger partial charge in [0.2, 0.25) is 0 Å². The number of thiazole rings is 1. The Labute approximate surface area is 172 Å². The molecular weight excluding hydrogens is 400 g/mol. The van der Waals surface area contributed by atoms with E-state index in [2.05, 4.69) is 10.3 Å². The highest BCUT2D eigenvalue weighted by molar-refractivity contribution is 7.14. The van der Waals surface area contributed by atoms with Crippen molar-refractivity contribution in [3.8, 4) is 28.5 Å². The van der Waals surface area contributed by atoms with Gasteiger partial charge >= 0.3 is 0 Å². The van der Waals surface area contributed by atoms with E-state index >= 15 is 0 Å². The van der Waals surface area contributed by atoms with Crippen LogP contribution in [0.15, 0.2) is 47.8 Å². The molecule has 3 rings (SSSR count). The number of amides is 1. The molecule has 0 spiro atoms. The summed E-state index contributed by atoms with van der Waals surface area (Å²) in [5.74, 6) is 1.48. The SMILES string of the molecule is COc1ccc(-c2csc(NC(=O)C(C)Oc3cccc(Cl)c3)n2)cc1OC. The maximum absolute atomic E-state index is 12.4. The predicted molar refractivity (Wildman–Crippen MR) is 111 cm³/mol. The van der Waals surface area contributed by atoms with Crippen molar-refractivity contribution in [1.29, 1.82) is 0 Å². The minimum Gasteiger partial charge on any atom is -0.493 e. The molecule has 0 aliphatic rings. The fourth-order valence-electron chi connectivity index (χ4n) is 2.46. The van der Waals surface area contributed by atoms with Gasteiger partial charge in [-0.3, -0.25) is 10.1 Å². The highest BCUT2D eigenvalue weighted by Gasteiger charge is 2.17. The number of benzene rings is 2. The molecule has 1 aromatic heterocycles. The molecule has 0 radical (unpaired) electrons. The molecule has 0 bridgehead atoms. The molecule has 1 unspecified atom stereocenters. The average Bonchev–Trinajstić information content (AvgIpc) is 3.15. The second-order valence-corrected chi connectivity index (χ2v) is 7.11. The van der Waals surface area contributed by atoms with Crippen molar-refractivity contribution in [3.05, 3.63) is 52.9 Å². The minimum absolute atomic E-state index is 0.298. The van der Waals surface area contributed by atoms with Gasteiger partial charge in [0.1, 0.15) is 5.75 Å². The summed E-state index contributed by atoms with van der Waals surface area (Å²) < 4.78 is 16.2. The van der Waals surface area contributed by atoms with Gasteiger partial charge in [-0.1, -0.05) is 17.7 Å². The molecule has 0 saturated heterocycles. The van der Waals surface area contributed by atoms with Crippen molar-refractivity contribution < 1.29 is 19.0 Å². The van der Waals surface area contributed by atoms with Crippen LogP contribution in [0.3, 0.4) is 0 Å².